The van der Waals surface area contributed by atoms with E-state index in [-0.39, 0.29) is 30.6 Å². The van der Waals surface area contributed by atoms with E-state index >= 15 is 0 Å². The summed E-state index contributed by atoms with van der Waals surface area (Å²) in [5.41, 5.74) is 2.09. The van der Waals surface area contributed by atoms with Crippen LogP contribution in [0, 0.1) is 5.92 Å². The summed E-state index contributed by atoms with van der Waals surface area (Å²) in [7, 11) is 1.58. The van der Waals surface area contributed by atoms with Crippen molar-refractivity contribution >= 4 is 39.8 Å². The number of aromatic nitrogens is 1. The molecule has 1 atom stereocenters. The molecule has 4 rings (SSSR count). The quantitative estimate of drug-likeness (QED) is 0.591. The second-order valence-corrected chi connectivity index (χ2v) is 8.21. The van der Waals surface area contributed by atoms with Gasteiger partial charge in [0.15, 0.2) is 10.9 Å². The van der Waals surface area contributed by atoms with Crippen LogP contribution in [0.1, 0.15) is 23.0 Å². The fourth-order valence-electron chi connectivity index (χ4n) is 3.51. The minimum Gasteiger partial charge on any atom is -0.497 e. The van der Waals surface area contributed by atoms with Crippen LogP contribution < -0.4 is 15.0 Å². The van der Waals surface area contributed by atoms with Crippen molar-refractivity contribution in [2.24, 2.45) is 5.92 Å². The minimum atomic E-state index is -0.501. The Morgan fingerprint density at radius 1 is 1.13 bits per heavy atom. The summed E-state index contributed by atoms with van der Waals surface area (Å²) in [6, 6.07) is 16.5. The highest BCUT2D eigenvalue weighted by Gasteiger charge is 2.35. The van der Waals surface area contributed by atoms with Crippen molar-refractivity contribution in [2.75, 3.05) is 23.9 Å². The number of ether oxygens (including phenoxy) is 1. The van der Waals surface area contributed by atoms with Gasteiger partial charge in [-0.1, -0.05) is 41.7 Å². The number of ketones is 1. The second kappa shape index (κ2) is 8.69. The van der Waals surface area contributed by atoms with E-state index in [9.17, 15) is 14.4 Å². The summed E-state index contributed by atoms with van der Waals surface area (Å²) in [4.78, 5) is 44.0. The van der Waals surface area contributed by atoms with Crippen molar-refractivity contribution in [3.8, 4) is 17.0 Å². The number of Topliss-reactive ketones (excluding diaryl/α,β-unsaturated/α-hetero) is 1. The number of thiazole rings is 1. The molecular weight excluding hydrogens is 414 g/mol. The van der Waals surface area contributed by atoms with Gasteiger partial charge in [0.2, 0.25) is 11.8 Å². The number of nitrogens with one attached hydrogen (secondary N) is 1. The molecule has 31 heavy (non-hydrogen) atoms. The molecule has 3 aromatic rings. The molecule has 2 heterocycles. The zero-order valence-electron chi connectivity index (χ0n) is 17.1. The molecule has 2 amide bonds. The number of rotatable bonds is 6. The van der Waals surface area contributed by atoms with Crippen molar-refractivity contribution in [3.63, 3.8) is 0 Å². The molecular formula is C23H21N3O4S. The molecule has 2 aromatic carbocycles. The summed E-state index contributed by atoms with van der Waals surface area (Å²) in [6.07, 6.45) is 0.119. The summed E-state index contributed by atoms with van der Waals surface area (Å²) in [6.45, 7) is 1.77. The fraction of sp³-hybridized carbons (Fsp3) is 0.217. The molecule has 0 saturated carbocycles. The standard InChI is InChI=1S/C23H21N3O4S/c1-14(27)21-20(15-6-4-3-5-7-15)24-23(31-21)25-22(29)16-12-19(28)26(13-16)17-8-10-18(30-2)11-9-17/h3-11,16H,12-13H2,1-2H3,(H,24,25,29)/t16-/m0/s1. The number of methoxy groups -OCH3 is 1. The topological polar surface area (TPSA) is 88.6 Å². The fourth-order valence-corrected chi connectivity index (χ4v) is 4.39. The molecule has 1 fully saturated rings. The number of carbonyl (C=O) groups is 3. The van der Waals surface area contributed by atoms with Crippen molar-refractivity contribution < 1.29 is 19.1 Å². The maximum atomic E-state index is 12.8. The predicted molar refractivity (Wildman–Crippen MR) is 120 cm³/mol. The van der Waals surface area contributed by atoms with E-state index in [1.54, 1.807) is 36.3 Å². The van der Waals surface area contributed by atoms with Gasteiger partial charge in [0.1, 0.15) is 5.75 Å². The summed E-state index contributed by atoms with van der Waals surface area (Å²) >= 11 is 1.15. The molecule has 158 valence electrons. The van der Waals surface area contributed by atoms with Crippen molar-refractivity contribution in [3.05, 3.63) is 59.5 Å². The number of nitrogens with zero attached hydrogens (tertiary/aromatic N) is 2. The third-order valence-corrected chi connectivity index (χ3v) is 6.18. The normalized spacial score (nSPS) is 15.7. The maximum Gasteiger partial charge on any atom is 0.231 e. The van der Waals surface area contributed by atoms with Gasteiger partial charge in [0, 0.05) is 31.1 Å². The van der Waals surface area contributed by atoms with Crippen LogP contribution in [-0.2, 0) is 9.59 Å². The number of anilines is 2. The molecule has 0 unspecified atom stereocenters. The third kappa shape index (κ3) is 4.34. The highest BCUT2D eigenvalue weighted by Crippen LogP contribution is 2.33. The lowest BCUT2D eigenvalue weighted by Gasteiger charge is -2.16. The Morgan fingerprint density at radius 2 is 1.84 bits per heavy atom. The van der Waals surface area contributed by atoms with Crippen LogP contribution in [-0.4, -0.2) is 36.2 Å². The van der Waals surface area contributed by atoms with Gasteiger partial charge < -0.3 is 15.0 Å². The van der Waals surface area contributed by atoms with E-state index in [1.807, 2.05) is 30.3 Å². The Labute approximate surface area is 183 Å². The Balaban J connectivity index is 1.49. The monoisotopic (exact) mass is 435 g/mol. The predicted octanol–water partition coefficient (Wildman–Crippen LogP) is 4.01. The second-order valence-electron chi connectivity index (χ2n) is 7.21. The molecule has 1 N–H and O–H groups in total. The molecule has 8 heteroatoms. The van der Waals surface area contributed by atoms with Crippen molar-refractivity contribution in [1.82, 2.24) is 4.98 Å². The zero-order valence-corrected chi connectivity index (χ0v) is 17.9. The number of hydrogen-bond donors (Lipinski definition) is 1. The van der Waals surface area contributed by atoms with Gasteiger partial charge in [0.05, 0.1) is 23.6 Å². The molecule has 0 bridgehead atoms. The first-order valence-electron chi connectivity index (χ1n) is 9.78. The van der Waals surface area contributed by atoms with Crippen LogP contribution in [0.4, 0.5) is 10.8 Å². The molecule has 1 aromatic heterocycles. The highest BCUT2D eigenvalue weighted by atomic mass is 32.1. The van der Waals surface area contributed by atoms with Crippen LogP contribution in [0.25, 0.3) is 11.3 Å². The lowest BCUT2D eigenvalue weighted by Crippen LogP contribution is -2.28. The van der Waals surface area contributed by atoms with Crippen LogP contribution >= 0.6 is 11.3 Å². The first-order chi connectivity index (χ1) is 15.0. The Hall–Kier alpha value is -3.52. The Morgan fingerprint density at radius 3 is 2.48 bits per heavy atom. The van der Waals surface area contributed by atoms with E-state index < -0.39 is 5.92 Å². The smallest absolute Gasteiger partial charge is 0.231 e. The largest absolute Gasteiger partial charge is 0.497 e. The summed E-state index contributed by atoms with van der Waals surface area (Å²) in [5, 5.41) is 3.15. The van der Waals surface area contributed by atoms with E-state index in [0.29, 0.717) is 21.5 Å². The average molecular weight is 436 g/mol. The first kappa shape index (κ1) is 20.7. The Bertz CT molecular complexity index is 1130. The van der Waals surface area contributed by atoms with E-state index in [0.717, 1.165) is 22.6 Å². The number of carbonyl (C=O) groups excluding carboxylic acids is 3. The SMILES string of the molecule is COc1ccc(N2C[C@@H](C(=O)Nc3nc(-c4ccccc4)c(C(C)=O)s3)CC2=O)cc1. The first-order valence-corrected chi connectivity index (χ1v) is 10.6. The number of benzene rings is 2. The molecule has 0 aliphatic carbocycles. The summed E-state index contributed by atoms with van der Waals surface area (Å²) in [5.74, 6) is -0.311. The maximum absolute atomic E-state index is 12.8. The van der Waals surface area contributed by atoms with Gasteiger partial charge in [0.25, 0.3) is 0 Å². The van der Waals surface area contributed by atoms with Gasteiger partial charge in [-0.15, -0.1) is 0 Å². The van der Waals surface area contributed by atoms with Gasteiger partial charge in [-0.3, -0.25) is 14.4 Å². The molecule has 1 aliphatic rings. The van der Waals surface area contributed by atoms with E-state index in [2.05, 4.69) is 10.3 Å². The van der Waals surface area contributed by atoms with Crippen LogP contribution in [0.2, 0.25) is 0 Å². The number of hydrogen-bond acceptors (Lipinski definition) is 6. The summed E-state index contributed by atoms with van der Waals surface area (Å²) < 4.78 is 5.15. The lowest BCUT2D eigenvalue weighted by molar-refractivity contribution is -0.122. The lowest BCUT2D eigenvalue weighted by atomic mass is 10.1. The minimum absolute atomic E-state index is 0.112. The van der Waals surface area contributed by atoms with Crippen LogP contribution in [0.15, 0.2) is 54.6 Å². The van der Waals surface area contributed by atoms with Crippen LogP contribution in [0.5, 0.6) is 5.75 Å². The van der Waals surface area contributed by atoms with Crippen molar-refractivity contribution in [1.29, 1.82) is 0 Å². The molecule has 0 radical (unpaired) electrons. The zero-order chi connectivity index (χ0) is 22.0. The van der Waals surface area contributed by atoms with E-state index in [4.69, 9.17) is 4.74 Å². The Kier molecular flexibility index (Phi) is 5.81. The van der Waals surface area contributed by atoms with Gasteiger partial charge in [-0.25, -0.2) is 4.98 Å². The molecule has 1 aliphatic heterocycles. The van der Waals surface area contributed by atoms with Gasteiger partial charge in [-0.2, -0.15) is 0 Å². The molecule has 0 spiro atoms. The van der Waals surface area contributed by atoms with E-state index in [1.165, 1.54) is 6.92 Å². The number of amides is 2. The highest BCUT2D eigenvalue weighted by molar-refractivity contribution is 7.18. The molecule has 1 saturated heterocycles. The van der Waals surface area contributed by atoms with Crippen LogP contribution in [0.3, 0.4) is 0 Å². The van der Waals surface area contributed by atoms with Gasteiger partial charge >= 0.3 is 0 Å². The third-order valence-electron chi connectivity index (χ3n) is 5.10. The van der Waals surface area contributed by atoms with Crippen molar-refractivity contribution in [2.45, 2.75) is 13.3 Å². The average Bonchev–Trinajstić information content (AvgIpc) is 3.38. The van der Waals surface area contributed by atoms with Gasteiger partial charge in [-0.05, 0) is 24.3 Å². The molecule has 7 nitrogen and oxygen atoms in total.